The minimum absolute atomic E-state index is 0.00400. The van der Waals surface area contributed by atoms with Crippen LogP contribution >= 0.6 is 11.6 Å². The quantitative estimate of drug-likeness (QED) is 0.933. The van der Waals surface area contributed by atoms with Crippen molar-refractivity contribution < 1.29 is 9.53 Å². The summed E-state index contributed by atoms with van der Waals surface area (Å²) in [6.07, 6.45) is 0.832. The van der Waals surface area contributed by atoms with Gasteiger partial charge >= 0.3 is 0 Å². The topological polar surface area (TPSA) is 55.6 Å². The number of nitrogens with zero attached hydrogens (tertiary/aromatic N) is 1. The molecule has 0 spiro atoms. The highest BCUT2D eigenvalue weighted by atomic mass is 35.5. The van der Waals surface area contributed by atoms with Crippen LogP contribution in [0.25, 0.3) is 0 Å². The lowest BCUT2D eigenvalue weighted by Gasteiger charge is -2.42. The van der Waals surface area contributed by atoms with Crippen molar-refractivity contribution >= 4 is 17.5 Å². The molecule has 0 aromatic heterocycles. The highest BCUT2D eigenvalue weighted by Crippen LogP contribution is 2.28. The minimum Gasteiger partial charge on any atom is -0.483 e. The third-order valence-corrected chi connectivity index (χ3v) is 4.39. The summed E-state index contributed by atoms with van der Waals surface area (Å²) in [6.45, 7) is 7.54. The number of benzene rings is 1. The lowest BCUT2D eigenvalue weighted by molar-refractivity contribution is -0.136. The Hall–Kier alpha value is -1.26. The summed E-state index contributed by atoms with van der Waals surface area (Å²) in [5.74, 6) is 0.699. The minimum atomic E-state index is -0.0515. The molecule has 2 N–H and O–H groups in total. The van der Waals surface area contributed by atoms with Gasteiger partial charge in [-0.05, 0) is 42.5 Å². The first-order valence-electron chi connectivity index (χ1n) is 7.22. The average molecular weight is 311 g/mol. The molecule has 0 aliphatic carbocycles. The zero-order valence-electron chi connectivity index (χ0n) is 12.9. The summed E-state index contributed by atoms with van der Waals surface area (Å²) < 4.78 is 5.62. The molecule has 1 heterocycles. The van der Waals surface area contributed by atoms with Crippen molar-refractivity contribution in [2.45, 2.75) is 33.2 Å². The predicted molar refractivity (Wildman–Crippen MR) is 84.6 cm³/mol. The van der Waals surface area contributed by atoms with Gasteiger partial charge in [0.05, 0.1) is 0 Å². The van der Waals surface area contributed by atoms with Gasteiger partial charge in [0.25, 0.3) is 5.91 Å². The summed E-state index contributed by atoms with van der Waals surface area (Å²) in [5.41, 5.74) is 6.97. The Balaban J connectivity index is 1.93. The number of hydrogen-bond acceptors (Lipinski definition) is 3. The Kier molecular flexibility index (Phi) is 4.79. The third-order valence-electron chi connectivity index (χ3n) is 4.15. The van der Waals surface area contributed by atoms with Crippen molar-refractivity contribution in [3.05, 3.63) is 28.8 Å². The van der Waals surface area contributed by atoms with E-state index >= 15 is 0 Å². The lowest BCUT2D eigenvalue weighted by atomic mass is 9.80. The Morgan fingerprint density at radius 3 is 2.86 bits per heavy atom. The molecule has 2 rings (SSSR count). The number of aryl methyl sites for hydroxylation is 1. The van der Waals surface area contributed by atoms with Crippen molar-refractivity contribution in [3.63, 3.8) is 0 Å². The Morgan fingerprint density at radius 1 is 1.52 bits per heavy atom. The number of amides is 1. The van der Waals surface area contributed by atoms with E-state index < -0.39 is 0 Å². The smallest absolute Gasteiger partial charge is 0.260 e. The van der Waals surface area contributed by atoms with Gasteiger partial charge in [-0.25, -0.2) is 0 Å². The molecule has 0 bridgehead atoms. The van der Waals surface area contributed by atoms with E-state index in [9.17, 15) is 4.79 Å². The van der Waals surface area contributed by atoms with Crippen LogP contribution in [-0.4, -0.2) is 36.5 Å². The van der Waals surface area contributed by atoms with Crippen molar-refractivity contribution in [1.29, 1.82) is 0 Å². The second kappa shape index (κ2) is 6.24. The average Bonchev–Trinajstić information content (AvgIpc) is 2.40. The van der Waals surface area contributed by atoms with Crippen LogP contribution in [0, 0.1) is 12.3 Å². The molecular weight excluding hydrogens is 288 g/mol. The molecule has 1 aliphatic heterocycles. The molecule has 1 amide bonds. The molecule has 116 valence electrons. The molecule has 1 fully saturated rings. The maximum absolute atomic E-state index is 12.3. The summed E-state index contributed by atoms with van der Waals surface area (Å²) in [7, 11) is 0. The molecule has 1 unspecified atom stereocenters. The number of carbonyl (C=O) groups excluding carboxylic acids is 1. The first kappa shape index (κ1) is 16.1. The summed E-state index contributed by atoms with van der Waals surface area (Å²) in [4.78, 5) is 14.1. The molecular formula is C16H23ClN2O2. The fourth-order valence-corrected chi connectivity index (χ4v) is 2.82. The Bertz CT molecular complexity index is 531. The number of ether oxygens (including phenoxy) is 1. The first-order valence-corrected chi connectivity index (χ1v) is 7.60. The molecule has 1 aromatic carbocycles. The maximum Gasteiger partial charge on any atom is 0.260 e. The molecule has 5 heteroatoms. The van der Waals surface area contributed by atoms with E-state index in [1.807, 2.05) is 17.9 Å². The van der Waals surface area contributed by atoms with Gasteiger partial charge in [0.15, 0.2) is 6.61 Å². The molecule has 1 atom stereocenters. The molecule has 21 heavy (non-hydrogen) atoms. The van der Waals surface area contributed by atoms with Gasteiger partial charge in [0.2, 0.25) is 0 Å². The second-order valence-corrected chi connectivity index (χ2v) is 6.83. The van der Waals surface area contributed by atoms with Crippen LogP contribution < -0.4 is 10.5 Å². The van der Waals surface area contributed by atoms with Crippen LogP contribution in [0.1, 0.15) is 25.8 Å². The fraction of sp³-hybridized carbons (Fsp3) is 0.562. The molecule has 1 aromatic rings. The number of hydrogen-bond donors (Lipinski definition) is 1. The monoisotopic (exact) mass is 310 g/mol. The van der Waals surface area contributed by atoms with Crippen LogP contribution in [-0.2, 0) is 4.79 Å². The van der Waals surface area contributed by atoms with E-state index in [1.165, 1.54) is 0 Å². The molecule has 1 saturated heterocycles. The van der Waals surface area contributed by atoms with E-state index in [2.05, 4.69) is 13.8 Å². The predicted octanol–water partition coefficient (Wildman–Crippen LogP) is 2.61. The van der Waals surface area contributed by atoms with Crippen molar-refractivity contribution in [1.82, 2.24) is 4.90 Å². The van der Waals surface area contributed by atoms with E-state index in [1.54, 1.807) is 12.1 Å². The van der Waals surface area contributed by atoms with Gasteiger partial charge < -0.3 is 15.4 Å². The number of rotatable bonds is 3. The van der Waals surface area contributed by atoms with Gasteiger partial charge in [-0.1, -0.05) is 25.4 Å². The first-order chi connectivity index (χ1) is 9.79. The fourth-order valence-electron chi connectivity index (χ4n) is 2.59. The van der Waals surface area contributed by atoms with E-state index in [4.69, 9.17) is 22.1 Å². The normalized spacial score (nSPS) is 21.2. The number of nitrogens with two attached hydrogens (primary N) is 1. The van der Waals surface area contributed by atoms with Crippen LogP contribution in [0.4, 0.5) is 0 Å². The van der Waals surface area contributed by atoms with Crippen molar-refractivity contribution in [3.8, 4) is 5.75 Å². The molecule has 0 radical (unpaired) electrons. The summed E-state index contributed by atoms with van der Waals surface area (Å²) in [5, 5.41) is 0.665. The van der Waals surface area contributed by atoms with Gasteiger partial charge in [0, 0.05) is 24.2 Å². The highest BCUT2D eigenvalue weighted by molar-refractivity contribution is 6.30. The van der Waals surface area contributed by atoms with Crippen molar-refractivity contribution in [2.24, 2.45) is 11.1 Å². The highest BCUT2D eigenvalue weighted by Gasteiger charge is 2.35. The van der Waals surface area contributed by atoms with Crippen LogP contribution in [0.5, 0.6) is 5.75 Å². The summed E-state index contributed by atoms with van der Waals surface area (Å²) >= 11 is 5.90. The van der Waals surface area contributed by atoms with Gasteiger partial charge in [-0.3, -0.25) is 4.79 Å². The third kappa shape index (κ3) is 3.89. The van der Waals surface area contributed by atoms with Crippen LogP contribution in [0.15, 0.2) is 18.2 Å². The molecule has 4 nitrogen and oxygen atoms in total. The number of piperidine rings is 1. The van der Waals surface area contributed by atoms with Crippen molar-refractivity contribution in [2.75, 3.05) is 19.7 Å². The van der Waals surface area contributed by atoms with Gasteiger partial charge in [-0.2, -0.15) is 0 Å². The van der Waals surface area contributed by atoms with Gasteiger partial charge in [-0.15, -0.1) is 0 Å². The SMILES string of the molecule is Cc1cc(Cl)ccc1OCC(=O)N1CCC(N)C(C)(C)C1. The van der Waals surface area contributed by atoms with Crippen LogP contribution in [0.3, 0.4) is 0 Å². The molecule has 1 aliphatic rings. The Labute approximate surface area is 131 Å². The standard InChI is InChI=1S/C16H23ClN2O2/c1-11-8-12(17)4-5-13(11)21-9-15(20)19-7-6-14(18)16(2,3)10-19/h4-5,8,14H,6-7,9-10,18H2,1-3H3. The number of likely N-dealkylation sites (tertiary alicyclic amines) is 1. The zero-order chi connectivity index (χ0) is 15.6. The summed E-state index contributed by atoms with van der Waals surface area (Å²) in [6, 6.07) is 5.52. The van der Waals surface area contributed by atoms with E-state index in [0.717, 1.165) is 12.0 Å². The number of carbonyl (C=O) groups is 1. The zero-order valence-corrected chi connectivity index (χ0v) is 13.6. The largest absolute Gasteiger partial charge is 0.483 e. The lowest BCUT2D eigenvalue weighted by Crippen LogP contribution is -2.54. The maximum atomic E-state index is 12.3. The Morgan fingerprint density at radius 2 is 2.24 bits per heavy atom. The second-order valence-electron chi connectivity index (χ2n) is 6.40. The van der Waals surface area contributed by atoms with Crippen LogP contribution in [0.2, 0.25) is 5.02 Å². The molecule has 0 saturated carbocycles. The van der Waals surface area contributed by atoms with Gasteiger partial charge in [0.1, 0.15) is 5.75 Å². The van der Waals surface area contributed by atoms with E-state index in [-0.39, 0.29) is 24.0 Å². The van der Waals surface area contributed by atoms with E-state index in [0.29, 0.717) is 23.9 Å². The number of halogens is 1.